The Labute approximate surface area is 111 Å². The molecule has 2 rings (SSSR count). The number of aromatic amines is 1. The standard InChI is InChI=1S/C11H16N4O3S/c1-8(9-4-12-13-5-9)14-19(17,18)11-3-10(7-16)15(2)6-11/h3-6,8,14,16H,7H2,1-2H3,(H,12,13). The molecule has 3 N–H and O–H groups in total. The molecule has 0 saturated heterocycles. The summed E-state index contributed by atoms with van der Waals surface area (Å²) in [6, 6.07) is 1.06. The van der Waals surface area contributed by atoms with Crippen LogP contribution in [0.25, 0.3) is 0 Å². The Morgan fingerprint density at radius 2 is 2.32 bits per heavy atom. The number of rotatable bonds is 5. The lowest BCUT2D eigenvalue weighted by atomic mass is 10.2. The van der Waals surface area contributed by atoms with Gasteiger partial charge in [-0.1, -0.05) is 0 Å². The molecule has 0 aliphatic heterocycles. The second kappa shape index (κ2) is 5.16. The Bertz CT molecular complexity index is 646. The van der Waals surface area contributed by atoms with Gasteiger partial charge in [0.15, 0.2) is 0 Å². The van der Waals surface area contributed by atoms with Gasteiger partial charge in [0.2, 0.25) is 10.0 Å². The van der Waals surface area contributed by atoms with E-state index in [0.717, 1.165) is 5.56 Å². The van der Waals surface area contributed by atoms with Crippen LogP contribution in [0.5, 0.6) is 0 Å². The highest BCUT2D eigenvalue weighted by Crippen LogP contribution is 2.17. The number of hydrogen-bond donors (Lipinski definition) is 3. The first-order valence-corrected chi connectivity index (χ1v) is 7.19. The minimum Gasteiger partial charge on any atom is -0.390 e. The Morgan fingerprint density at radius 1 is 1.58 bits per heavy atom. The summed E-state index contributed by atoms with van der Waals surface area (Å²) in [5.74, 6) is 0. The molecule has 0 aliphatic carbocycles. The van der Waals surface area contributed by atoms with Gasteiger partial charge < -0.3 is 9.67 Å². The quantitative estimate of drug-likeness (QED) is 0.734. The third kappa shape index (κ3) is 2.86. The van der Waals surface area contributed by atoms with Crippen molar-refractivity contribution in [3.8, 4) is 0 Å². The van der Waals surface area contributed by atoms with Crippen molar-refractivity contribution in [3.63, 3.8) is 0 Å². The first-order chi connectivity index (χ1) is 8.94. The predicted molar refractivity (Wildman–Crippen MR) is 68.7 cm³/mol. The van der Waals surface area contributed by atoms with Gasteiger partial charge in [-0.2, -0.15) is 5.10 Å². The van der Waals surface area contributed by atoms with E-state index in [0.29, 0.717) is 5.69 Å². The zero-order chi connectivity index (χ0) is 14.0. The molecule has 0 aliphatic rings. The molecule has 8 heteroatoms. The average Bonchev–Trinajstić information content (AvgIpc) is 2.96. The molecule has 104 valence electrons. The summed E-state index contributed by atoms with van der Waals surface area (Å²) in [6.45, 7) is 1.53. The van der Waals surface area contributed by atoms with Gasteiger partial charge in [0.25, 0.3) is 0 Å². The summed E-state index contributed by atoms with van der Waals surface area (Å²) in [4.78, 5) is 0.134. The topological polar surface area (TPSA) is 100 Å². The van der Waals surface area contributed by atoms with Crippen molar-refractivity contribution in [3.05, 3.63) is 35.9 Å². The summed E-state index contributed by atoms with van der Waals surface area (Å²) in [6.07, 6.45) is 4.67. The Hall–Kier alpha value is -1.64. The third-order valence-corrected chi connectivity index (χ3v) is 4.41. The van der Waals surface area contributed by atoms with Crippen LogP contribution in [0.3, 0.4) is 0 Å². The molecular weight excluding hydrogens is 268 g/mol. The van der Waals surface area contributed by atoms with Gasteiger partial charge in [0, 0.05) is 36.7 Å². The van der Waals surface area contributed by atoms with Crippen LogP contribution in [-0.4, -0.2) is 28.3 Å². The Kier molecular flexibility index (Phi) is 3.74. The van der Waals surface area contributed by atoms with E-state index in [9.17, 15) is 8.42 Å². The van der Waals surface area contributed by atoms with Crippen molar-refractivity contribution < 1.29 is 13.5 Å². The highest BCUT2D eigenvalue weighted by Gasteiger charge is 2.21. The molecule has 19 heavy (non-hydrogen) atoms. The summed E-state index contributed by atoms with van der Waals surface area (Å²) >= 11 is 0. The molecule has 0 fully saturated rings. The van der Waals surface area contributed by atoms with E-state index >= 15 is 0 Å². The van der Waals surface area contributed by atoms with Crippen LogP contribution < -0.4 is 4.72 Å². The lowest BCUT2D eigenvalue weighted by Gasteiger charge is -2.11. The second-order valence-electron chi connectivity index (χ2n) is 4.31. The van der Waals surface area contributed by atoms with Crippen molar-refractivity contribution in [1.82, 2.24) is 19.5 Å². The van der Waals surface area contributed by atoms with Crippen molar-refractivity contribution in [2.75, 3.05) is 0 Å². The van der Waals surface area contributed by atoms with Crippen molar-refractivity contribution in [2.24, 2.45) is 7.05 Å². The highest BCUT2D eigenvalue weighted by molar-refractivity contribution is 7.89. The number of H-pyrrole nitrogens is 1. The molecule has 1 unspecified atom stereocenters. The molecule has 0 aromatic carbocycles. The summed E-state index contributed by atoms with van der Waals surface area (Å²) < 4.78 is 28.5. The fourth-order valence-corrected chi connectivity index (χ4v) is 3.07. The monoisotopic (exact) mass is 284 g/mol. The average molecular weight is 284 g/mol. The zero-order valence-electron chi connectivity index (χ0n) is 10.7. The van der Waals surface area contributed by atoms with Gasteiger partial charge in [0.05, 0.1) is 17.7 Å². The first kappa shape index (κ1) is 13.8. The van der Waals surface area contributed by atoms with E-state index < -0.39 is 10.0 Å². The molecular formula is C11H16N4O3S. The largest absolute Gasteiger partial charge is 0.390 e. The highest BCUT2D eigenvalue weighted by atomic mass is 32.2. The van der Waals surface area contributed by atoms with E-state index in [1.165, 1.54) is 12.3 Å². The van der Waals surface area contributed by atoms with Crippen LogP contribution in [-0.2, 0) is 23.7 Å². The van der Waals surface area contributed by atoms with Crippen LogP contribution in [0.1, 0.15) is 24.2 Å². The number of aromatic nitrogens is 3. The first-order valence-electron chi connectivity index (χ1n) is 5.71. The summed E-state index contributed by atoms with van der Waals surface area (Å²) in [7, 11) is -1.94. The molecule has 2 heterocycles. The summed E-state index contributed by atoms with van der Waals surface area (Å²) in [5, 5.41) is 15.5. The molecule has 2 aromatic heterocycles. The van der Waals surface area contributed by atoms with E-state index in [1.54, 1.807) is 30.9 Å². The minimum atomic E-state index is -3.62. The lowest BCUT2D eigenvalue weighted by Crippen LogP contribution is -2.26. The van der Waals surface area contributed by atoms with Gasteiger partial charge in [-0.3, -0.25) is 5.10 Å². The lowest BCUT2D eigenvalue weighted by molar-refractivity contribution is 0.272. The van der Waals surface area contributed by atoms with Crippen molar-refractivity contribution in [1.29, 1.82) is 0 Å². The maximum absolute atomic E-state index is 12.2. The van der Waals surface area contributed by atoms with E-state index in [2.05, 4.69) is 14.9 Å². The van der Waals surface area contributed by atoms with Gasteiger partial charge in [-0.05, 0) is 13.0 Å². The van der Waals surface area contributed by atoms with Crippen molar-refractivity contribution in [2.45, 2.75) is 24.5 Å². The van der Waals surface area contributed by atoms with Gasteiger partial charge >= 0.3 is 0 Å². The van der Waals surface area contributed by atoms with Crippen LogP contribution in [0.2, 0.25) is 0 Å². The van der Waals surface area contributed by atoms with E-state index in [4.69, 9.17) is 5.11 Å². The second-order valence-corrected chi connectivity index (χ2v) is 6.02. The van der Waals surface area contributed by atoms with Gasteiger partial charge in [0.1, 0.15) is 0 Å². The molecule has 0 radical (unpaired) electrons. The number of aliphatic hydroxyl groups excluding tert-OH is 1. The molecule has 0 saturated carbocycles. The number of nitrogens with one attached hydrogen (secondary N) is 2. The van der Waals surface area contributed by atoms with Crippen LogP contribution in [0, 0.1) is 0 Å². The maximum atomic E-state index is 12.2. The molecule has 2 aromatic rings. The van der Waals surface area contributed by atoms with Crippen LogP contribution in [0.15, 0.2) is 29.6 Å². The van der Waals surface area contributed by atoms with Gasteiger partial charge in [-0.15, -0.1) is 0 Å². The van der Waals surface area contributed by atoms with Crippen LogP contribution >= 0.6 is 0 Å². The number of sulfonamides is 1. The van der Waals surface area contributed by atoms with E-state index in [1.807, 2.05) is 0 Å². The molecule has 0 bridgehead atoms. The summed E-state index contributed by atoms with van der Waals surface area (Å²) in [5.41, 5.74) is 1.29. The number of hydrogen-bond acceptors (Lipinski definition) is 4. The fraction of sp³-hybridized carbons (Fsp3) is 0.364. The van der Waals surface area contributed by atoms with E-state index in [-0.39, 0.29) is 17.5 Å². The van der Waals surface area contributed by atoms with Crippen LogP contribution in [0.4, 0.5) is 0 Å². The Balaban J connectivity index is 2.22. The van der Waals surface area contributed by atoms with Crippen molar-refractivity contribution >= 4 is 10.0 Å². The SMILES string of the molecule is CC(NS(=O)(=O)c1cc(CO)n(C)c1)c1cn[nH]c1. The molecule has 7 nitrogen and oxygen atoms in total. The normalized spacial score (nSPS) is 13.6. The number of aliphatic hydroxyl groups is 1. The Morgan fingerprint density at radius 3 is 2.84 bits per heavy atom. The third-order valence-electron chi connectivity index (χ3n) is 2.91. The minimum absolute atomic E-state index is 0.134. The number of aryl methyl sites for hydroxylation is 1. The fourth-order valence-electron chi connectivity index (χ4n) is 1.75. The smallest absolute Gasteiger partial charge is 0.242 e. The maximum Gasteiger partial charge on any atom is 0.242 e. The zero-order valence-corrected chi connectivity index (χ0v) is 11.5. The number of nitrogens with zero attached hydrogens (tertiary/aromatic N) is 2. The molecule has 1 atom stereocenters. The molecule has 0 spiro atoms. The van der Waals surface area contributed by atoms with Gasteiger partial charge in [-0.25, -0.2) is 13.1 Å². The molecule has 0 amide bonds. The predicted octanol–water partition coefficient (Wildman–Crippen LogP) is 0.280.